The van der Waals surface area contributed by atoms with Crippen LogP contribution in [0.15, 0.2) is 24.3 Å². The smallest absolute Gasteiger partial charge is 0.340 e. The van der Waals surface area contributed by atoms with Gasteiger partial charge in [0.15, 0.2) is 0 Å². The van der Waals surface area contributed by atoms with Crippen molar-refractivity contribution in [2.75, 3.05) is 18.7 Å². The molecule has 7 heteroatoms. The fraction of sp³-hybridized carbons (Fsp3) is 0.462. The average Bonchev–Trinajstić information content (AvgIpc) is 2.91. The molecule has 1 aromatic rings. The number of thioether (sulfide) groups is 1. The van der Waals surface area contributed by atoms with Crippen molar-refractivity contribution in [2.45, 2.75) is 18.8 Å². The Morgan fingerprint density at radius 2 is 2.15 bits per heavy atom. The summed E-state index contributed by atoms with van der Waals surface area (Å²) in [6, 6.07) is 5.04. The number of nitrogens with one attached hydrogen (secondary N) is 1. The van der Waals surface area contributed by atoms with E-state index in [1.807, 2.05) is 0 Å². The maximum atomic E-state index is 12.9. The second-order valence-electron chi connectivity index (χ2n) is 4.62. The van der Waals surface area contributed by atoms with Crippen LogP contribution in [0.5, 0.6) is 0 Å². The van der Waals surface area contributed by atoms with E-state index in [2.05, 4.69) is 5.32 Å². The van der Waals surface area contributed by atoms with Gasteiger partial charge in [-0.25, -0.2) is 0 Å². The summed E-state index contributed by atoms with van der Waals surface area (Å²) >= 11 is 1.60. The van der Waals surface area contributed by atoms with Crippen molar-refractivity contribution in [1.82, 2.24) is 10.2 Å². The van der Waals surface area contributed by atoms with Crippen molar-refractivity contribution >= 4 is 17.7 Å². The maximum Gasteiger partial charge on any atom is 0.416 e. The quantitative estimate of drug-likeness (QED) is 0.930. The summed E-state index contributed by atoms with van der Waals surface area (Å²) in [6.07, 6.45) is -4.40. The predicted octanol–water partition coefficient (Wildman–Crippen LogP) is 2.33. The summed E-state index contributed by atoms with van der Waals surface area (Å²) < 4.78 is 38.6. The highest BCUT2D eigenvalue weighted by Crippen LogP contribution is 2.32. The van der Waals surface area contributed by atoms with E-state index in [1.165, 1.54) is 24.1 Å². The van der Waals surface area contributed by atoms with Gasteiger partial charge in [-0.05, 0) is 11.6 Å². The first-order chi connectivity index (χ1) is 9.39. The summed E-state index contributed by atoms with van der Waals surface area (Å²) in [5.74, 6) is 1.18. The third-order valence-electron chi connectivity index (χ3n) is 3.12. The zero-order valence-corrected chi connectivity index (χ0v) is 11.7. The van der Waals surface area contributed by atoms with Gasteiger partial charge in [-0.1, -0.05) is 18.2 Å². The Kier molecular flexibility index (Phi) is 4.59. The molecule has 3 nitrogen and oxygen atoms in total. The van der Waals surface area contributed by atoms with E-state index < -0.39 is 11.7 Å². The molecule has 0 spiro atoms. The third kappa shape index (κ3) is 3.46. The van der Waals surface area contributed by atoms with Crippen LogP contribution in [0.4, 0.5) is 13.2 Å². The van der Waals surface area contributed by atoms with Gasteiger partial charge < -0.3 is 4.90 Å². The highest BCUT2D eigenvalue weighted by Gasteiger charge is 2.34. The SMILES string of the molecule is CN(Cc1ccccc1C(F)(F)F)C(=O)C1CSCN1. The van der Waals surface area contributed by atoms with Crippen LogP contribution in [0.3, 0.4) is 0 Å². The van der Waals surface area contributed by atoms with E-state index in [0.717, 1.165) is 6.07 Å². The lowest BCUT2D eigenvalue weighted by molar-refractivity contribution is -0.139. The van der Waals surface area contributed by atoms with Crippen molar-refractivity contribution in [1.29, 1.82) is 0 Å². The Labute approximate surface area is 119 Å². The van der Waals surface area contributed by atoms with E-state index in [0.29, 0.717) is 11.6 Å². The molecule has 0 bridgehead atoms. The highest BCUT2D eigenvalue weighted by molar-refractivity contribution is 7.99. The summed E-state index contributed by atoms with van der Waals surface area (Å²) in [7, 11) is 1.53. The molecule has 0 aliphatic carbocycles. The number of carbonyl (C=O) groups excluding carboxylic acids is 1. The molecule has 1 amide bonds. The molecule has 1 aliphatic heterocycles. The monoisotopic (exact) mass is 304 g/mol. The van der Waals surface area contributed by atoms with Crippen LogP contribution in [-0.4, -0.2) is 35.5 Å². The van der Waals surface area contributed by atoms with Gasteiger partial charge in [0.2, 0.25) is 5.91 Å². The summed E-state index contributed by atoms with van der Waals surface area (Å²) in [4.78, 5) is 13.4. The number of benzene rings is 1. The molecule has 1 aliphatic rings. The van der Waals surface area contributed by atoms with Gasteiger partial charge in [0, 0.05) is 25.2 Å². The predicted molar refractivity (Wildman–Crippen MR) is 72.2 cm³/mol. The first kappa shape index (κ1) is 15.2. The minimum atomic E-state index is -4.40. The lowest BCUT2D eigenvalue weighted by Crippen LogP contribution is -2.42. The fourth-order valence-corrected chi connectivity index (χ4v) is 3.02. The van der Waals surface area contributed by atoms with Gasteiger partial charge in [-0.15, -0.1) is 11.8 Å². The molecule has 2 rings (SSSR count). The second-order valence-corrected chi connectivity index (χ2v) is 5.65. The molecule has 1 N–H and O–H groups in total. The van der Waals surface area contributed by atoms with Crippen molar-refractivity contribution in [3.63, 3.8) is 0 Å². The fourth-order valence-electron chi connectivity index (χ4n) is 2.09. The van der Waals surface area contributed by atoms with Crippen LogP contribution in [0.25, 0.3) is 0 Å². The van der Waals surface area contributed by atoms with E-state index in [4.69, 9.17) is 0 Å². The molecule has 0 aromatic heterocycles. The third-order valence-corrected chi connectivity index (χ3v) is 4.06. The molecular weight excluding hydrogens is 289 g/mol. The van der Waals surface area contributed by atoms with Crippen LogP contribution < -0.4 is 5.32 Å². The van der Waals surface area contributed by atoms with Gasteiger partial charge in [-0.2, -0.15) is 13.2 Å². The standard InChI is InChI=1S/C13H15F3N2OS/c1-18(12(19)11-7-20-8-17-11)6-9-4-2-3-5-10(9)13(14,15)16/h2-5,11,17H,6-8H2,1H3. The second kappa shape index (κ2) is 6.05. The van der Waals surface area contributed by atoms with E-state index in [-0.39, 0.29) is 24.1 Å². The molecule has 1 atom stereocenters. The summed E-state index contributed by atoms with van der Waals surface area (Å²) in [5.41, 5.74) is -0.574. The first-order valence-corrected chi connectivity index (χ1v) is 7.26. The summed E-state index contributed by atoms with van der Waals surface area (Å²) in [6.45, 7) is -0.0443. The molecule has 1 aromatic carbocycles. The molecular formula is C13H15F3N2OS. The van der Waals surface area contributed by atoms with E-state index >= 15 is 0 Å². The van der Waals surface area contributed by atoms with Crippen LogP contribution in [0.1, 0.15) is 11.1 Å². The number of rotatable bonds is 3. The number of halogens is 3. The Hall–Kier alpha value is -1.21. The molecule has 1 heterocycles. The number of amides is 1. The Morgan fingerprint density at radius 1 is 1.45 bits per heavy atom. The largest absolute Gasteiger partial charge is 0.416 e. The number of hydrogen-bond acceptors (Lipinski definition) is 3. The number of likely N-dealkylation sites (N-methyl/N-ethyl adjacent to an activating group) is 1. The highest BCUT2D eigenvalue weighted by atomic mass is 32.2. The molecule has 1 unspecified atom stereocenters. The van der Waals surface area contributed by atoms with Crippen molar-refractivity contribution < 1.29 is 18.0 Å². The Balaban J connectivity index is 2.11. The van der Waals surface area contributed by atoms with Crippen molar-refractivity contribution in [2.24, 2.45) is 0 Å². The van der Waals surface area contributed by atoms with E-state index in [1.54, 1.807) is 17.8 Å². The minimum Gasteiger partial charge on any atom is -0.340 e. The number of nitrogens with zero attached hydrogens (tertiary/aromatic N) is 1. The molecule has 110 valence electrons. The molecule has 1 saturated heterocycles. The van der Waals surface area contributed by atoms with Crippen LogP contribution >= 0.6 is 11.8 Å². The van der Waals surface area contributed by atoms with Gasteiger partial charge in [0.05, 0.1) is 11.6 Å². The number of hydrogen-bond donors (Lipinski definition) is 1. The topological polar surface area (TPSA) is 32.3 Å². The van der Waals surface area contributed by atoms with Crippen molar-refractivity contribution in [3.05, 3.63) is 35.4 Å². The first-order valence-electron chi connectivity index (χ1n) is 6.11. The Bertz CT molecular complexity index is 487. The normalized spacial score (nSPS) is 19.1. The lowest BCUT2D eigenvalue weighted by atomic mass is 10.1. The van der Waals surface area contributed by atoms with Gasteiger partial charge in [0.1, 0.15) is 0 Å². The molecule has 1 fully saturated rings. The number of alkyl halides is 3. The Morgan fingerprint density at radius 3 is 2.75 bits per heavy atom. The van der Waals surface area contributed by atoms with E-state index in [9.17, 15) is 18.0 Å². The van der Waals surface area contributed by atoms with Crippen LogP contribution in [-0.2, 0) is 17.5 Å². The zero-order chi connectivity index (χ0) is 14.8. The summed E-state index contributed by atoms with van der Waals surface area (Å²) in [5, 5.41) is 3.02. The minimum absolute atomic E-state index is 0.0443. The van der Waals surface area contributed by atoms with Crippen LogP contribution in [0.2, 0.25) is 0 Å². The zero-order valence-electron chi connectivity index (χ0n) is 10.9. The lowest BCUT2D eigenvalue weighted by Gasteiger charge is -2.22. The molecule has 20 heavy (non-hydrogen) atoms. The van der Waals surface area contributed by atoms with Gasteiger partial charge in [-0.3, -0.25) is 10.1 Å². The molecule has 0 saturated carbocycles. The maximum absolute atomic E-state index is 12.9. The van der Waals surface area contributed by atoms with Crippen LogP contribution in [0, 0.1) is 0 Å². The number of carbonyl (C=O) groups is 1. The van der Waals surface area contributed by atoms with Gasteiger partial charge in [0.25, 0.3) is 0 Å². The molecule has 0 radical (unpaired) electrons. The average molecular weight is 304 g/mol. The van der Waals surface area contributed by atoms with Crippen molar-refractivity contribution in [3.8, 4) is 0 Å². The van der Waals surface area contributed by atoms with Gasteiger partial charge >= 0.3 is 6.18 Å².